The number of esters is 1. The number of unbranched alkanes of at least 4 members (excludes halogenated alkanes) is 9. The molecule has 5 nitrogen and oxygen atoms in total. The summed E-state index contributed by atoms with van der Waals surface area (Å²) in [6, 6.07) is 16.2. The predicted molar refractivity (Wildman–Crippen MR) is 144 cm³/mol. The highest BCUT2D eigenvalue weighted by molar-refractivity contribution is 5.81. The van der Waals surface area contributed by atoms with Gasteiger partial charge in [0.15, 0.2) is 0 Å². The van der Waals surface area contributed by atoms with Crippen molar-refractivity contribution in [1.82, 2.24) is 0 Å². The molecule has 2 rings (SSSR count). The van der Waals surface area contributed by atoms with Crippen LogP contribution in [0.15, 0.2) is 71.4 Å². The van der Waals surface area contributed by atoms with E-state index in [1.165, 1.54) is 63.0 Å². The Hall–Kier alpha value is -2.95. The second-order valence-corrected chi connectivity index (χ2v) is 8.87. The molecule has 0 saturated carbocycles. The van der Waals surface area contributed by atoms with Gasteiger partial charge in [0.05, 0.1) is 24.6 Å². The van der Waals surface area contributed by atoms with E-state index in [-0.39, 0.29) is 5.97 Å². The predicted octanol–water partition coefficient (Wildman–Crippen LogP) is 9.06. The number of carbonyl (C=O) groups is 1. The van der Waals surface area contributed by atoms with Crippen molar-refractivity contribution in [3.8, 4) is 5.75 Å². The zero-order valence-electron chi connectivity index (χ0n) is 21.4. The van der Waals surface area contributed by atoms with Crippen molar-refractivity contribution in [2.24, 2.45) is 10.2 Å². The highest BCUT2D eigenvalue weighted by atomic mass is 16.5. The minimum atomic E-state index is -0.330. The number of ether oxygens (including phenoxy) is 2. The van der Waals surface area contributed by atoms with Gasteiger partial charge in [0.25, 0.3) is 0 Å². The summed E-state index contributed by atoms with van der Waals surface area (Å²) < 4.78 is 10.8. The zero-order valence-corrected chi connectivity index (χ0v) is 21.4. The number of carbonyl (C=O) groups excluding carboxylic acids is 1. The Morgan fingerprint density at radius 3 is 1.86 bits per heavy atom. The summed E-state index contributed by atoms with van der Waals surface area (Å²) in [7, 11) is 0. The molecule has 190 valence electrons. The van der Waals surface area contributed by atoms with Gasteiger partial charge in [-0.15, -0.1) is 0 Å². The van der Waals surface area contributed by atoms with E-state index in [0.29, 0.717) is 6.61 Å². The van der Waals surface area contributed by atoms with Crippen molar-refractivity contribution in [3.05, 3.63) is 66.7 Å². The number of hydrogen-bond donors (Lipinski definition) is 0. The fourth-order valence-electron chi connectivity index (χ4n) is 3.72. The Morgan fingerprint density at radius 2 is 1.29 bits per heavy atom. The van der Waals surface area contributed by atoms with Gasteiger partial charge in [-0.05, 0) is 67.6 Å². The first-order valence-electron chi connectivity index (χ1n) is 13.2. The summed E-state index contributed by atoms with van der Waals surface area (Å²) in [6.45, 7) is 6.85. The first-order valence-corrected chi connectivity index (χ1v) is 13.2. The molecule has 0 heterocycles. The minimum Gasteiger partial charge on any atom is -0.494 e. The zero-order chi connectivity index (χ0) is 25.0. The van der Waals surface area contributed by atoms with Crippen LogP contribution in [0.25, 0.3) is 0 Å². The van der Waals surface area contributed by atoms with E-state index in [1.807, 2.05) is 36.4 Å². The van der Waals surface area contributed by atoms with Gasteiger partial charge in [0, 0.05) is 6.08 Å². The quantitative estimate of drug-likeness (QED) is 0.0875. The van der Waals surface area contributed by atoms with Crippen molar-refractivity contribution in [2.45, 2.75) is 84.0 Å². The van der Waals surface area contributed by atoms with Crippen LogP contribution in [0.5, 0.6) is 5.75 Å². The molecule has 2 aromatic carbocycles. The summed E-state index contributed by atoms with van der Waals surface area (Å²) in [6.07, 6.45) is 15.3. The Balaban J connectivity index is 1.52. The van der Waals surface area contributed by atoms with Gasteiger partial charge < -0.3 is 9.47 Å². The van der Waals surface area contributed by atoms with Gasteiger partial charge in [-0.2, -0.15) is 10.2 Å². The van der Waals surface area contributed by atoms with Crippen LogP contribution in [0.2, 0.25) is 0 Å². The van der Waals surface area contributed by atoms with Gasteiger partial charge in [-0.1, -0.05) is 77.0 Å². The number of azo groups is 1. The lowest BCUT2D eigenvalue weighted by atomic mass is 10.1. The molecular weight excluding hydrogens is 436 g/mol. The maximum absolute atomic E-state index is 10.9. The lowest BCUT2D eigenvalue weighted by molar-refractivity contribution is -0.137. The fraction of sp³-hybridized carbons (Fsp3) is 0.500. The topological polar surface area (TPSA) is 60.2 Å². The van der Waals surface area contributed by atoms with Gasteiger partial charge in [-0.25, -0.2) is 4.79 Å². The SMILES string of the molecule is C=CC(=O)OCCCCCCCCCCOc1ccc(N=Nc2ccc(CCCCC)cc2)cc1. The molecule has 0 amide bonds. The van der Waals surface area contributed by atoms with E-state index in [4.69, 9.17) is 9.47 Å². The molecule has 2 aromatic rings. The Morgan fingerprint density at radius 1 is 0.743 bits per heavy atom. The van der Waals surface area contributed by atoms with Crippen molar-refractivity contribution in [1.29, 1.82) is 0 Å². The van der Waals surface area contributed by atoms with Gasteiger partial charge >= 0.3 is 5.97 Å². The molecule has 0 aliphatic heterocycles. The van der Waals surface area contributed by atoms with E-state index in [2.05, 4.69) is 35.9 Å². The largest absolute Gasteiger partial charge is 0.494 e. The molecule has 0 N–H and O–H groups in total. The summed E-state index contributed by atoms with van der Waals surface area (Å²) in [4.78, 5) is 10.9. The molecule has 0 radical (unpaired) electrons. The number of aryl methyl sites for hydroxylation is 1. The van der Waals surface area contributed by atoms with E-state index in [1.54, 1.807) is 0 Å². The van der Waals surface area contributed by atoms with E-state index >= 15 is 0 Å². The van der Waals surface area contributed by atoms with Crippen molar-refractivity contribution in [2.75, 3.05) is 13.2 Å². The van der Waals surface area contributed by atoms with Crippen LogP contribution >= 0.6 is 0 Å². The van der Waals surface area contributed by atoms with Crippen LogP contribution in [-0.2, 0) is 16.0 Å². The molecule has 5 heteroatoms. The third-order valence-corrected chi connectivity index (χ3v) is 5.84. The molecule has 0 aliphatic carbocycles. The monoisotopic (exact) mass is 478 g/mol. The van der Waals surface area contributed by atoms with Crippen LogP contribution in [0.3, 0.4) is 0 Å². The molecule has 0 unspecified atom stereocenters. The standard InChI is InChI=1S/C30H42N2O3/c1-3-5-12-15-26-16-18-27(19-17-26)31-32-28-20-22-29(23-21-28)34-24-13-10-8-6-7-9-11-14-25-35-30(33)4-2/h4,16-23H,2-3,5-15,24-25H2,1H3. The van der Waals surface area contributed by atoms with Crippen molar-refractivity contribution < 1.29 is 14.3 Å². The maximum Gasteiger partial charge on any atom is 0.330 e. The Bertz CT molecular complexity index is 860. The van der Waals surface area contributed by atoms with E-state index < -0.39 is 0 Å². The molecule has 0 spiro atoms. The van der Waals surface area contributed by atoms with Gasteiger partial charge in [0.2, 0.25) is 0 Å². The van der Waals surface area contributed by atoms with E-state index in [0.717, 1.165) is 49.4 Å². The molecule has 0 fully saturated rings. The highest BCUT2D eigenvalue weighted by Crippen LogP contribution is 2.22. The molecule has 35 heavy (non-hydrogen) atoms. The van der Waals surface area contributed by atoms with Crippen LogP contribution in [0.1, 0.15) is 83.1 Å². The van der Waals surface area contributed by atoms with E-state index in [9.17, 15) is 4.79 Å². The Labute approximate surface area is 211 Å². The Kier molecular flexibility index (Phi) is 14.9. The molecular formula is C30H42N2O3. The molecule has 0 aromatic heterocycles. The maximum atomic E-state index is 10.9. The van der Waals surface area contributed by atoms with Crippen LogP contribution < -0.4 is 4.74 Å². The molecule has 0 atom stereocenters. The number of nitrogens with zero attached hydrogens (tertiary/aromatic N) is 2. The molecule has 0 bridgehead atoms. The van der Waals surface area contributed by atoms with Crippen LogP contribution in [0, 0.1) is 0 Å². The van der Waals surface area contributed by atoms with Crippen LogP contribution in [-0.4, -0.2) is 19.2 Å². The number of benzene rings is 2. The minimum absolute atomic E-state index is 0.330. The fourth-order valence-corrected chi connectivity index (χ4v) is 3.72. The highest BCUT2D eigenvalue weighted by Gasteiger charge is 1.99. The lowest BCUT2D eigenvalue weighted by Gasteiger charge is -2.06. The average molecular weight is 479 g/mol. The lowest BCUT2D eigenvalue weighted by Crippen LogP contribution is -2.01. The molecule has 0 aliphatic rings. The van der Waals surface area contributed by atoms with Crippen molar-refractivity contribution >= 4 is 17.3 Å². The molecule has 0 saturated heterocycles. The first-order chi connectivity index (χ1) is 17.2. The third kappa shape index (κ3) is 13.5. The smallest absolute Gasteiger partial charge is 0.330 e. The summed E-state index contributed by atoms with van der Waals surface area (Å²) >= 11 is 0. The summed E-state index contributed by atoms with van der Waals surface area (Å²) in [5.74, 6) is 0.542. The third-order valence-electron chi connectivity index (χ3n) is 5.84. The normalized spacial score (nSPS) is 11.0. The number of hydrogen-bond acceptors (Lipinski definition) is 5. The average Bonchev–Trinajstić information content (AvgIpc) is 2.89. The van der Waals surface area contributed by atoms with Gasteiger partial charge in [0.1, 0.15) is 5.75 Å². The number of rotatable bonds is 19. The van der Waals surface area contributed by atoms with Crippen LogP contribution in [0.4, 0.5) is 11.4 Å². The summed E-state index contributed by atoms with van der Waals surface area (Å²) in [5.41, 5.74) is 3.06. The second-order valence-electron chi connectivity index (χ2n) is 8.87. The van der Waals surface area contributed by atoms with Gasteiger partial charge in [-0.3, -0.25) is 0 Å². The first kappa shape index (κ1) is 28.3. The van der Waals surface area contributed by atoms with Crippen molar-refractivity contribution in [3.63, 3.8) is 0 Å². The second kappa shape index (κ2) is 18.4. The summed E-state index contributed by atoms with van der Waals surface area (Å²) in [5, 5.41) is 8.69.